The number of halogens is 1. The number of rotatable bonds is 7. The van der Waals surface area contributed by atoms with Crippen LogP contribution in [0, 0.1) is 0 Å². The van der Waals surface area contributed by atoms with E-state index in [1.54, 1.807) is 0 Å². The van der Waals surface area contributed by atoms with E-state index in [2.05, 4.69) is 40.2 Å². The van der Waals surface area contributed by atoms with E-state index in [1.165, 1.54) is 5.56 Å². The summed E-state index contributed by atoms with van der Waals surface area (Å²) in [5.41, 5.74) is 2.46. The SMILES string of the molecule is O=C1CC(=O)C(NCCc2ccccc2Cl)=C(C(=O)N[C@H]2CC[C@@H](c3ccccc3)CC2)N1. The van der Waals surface area contributed by atoms with Gasteiger partial charge >= 0.3 is 0 Å². The highest BCUT2D eigenvalue weighted by atomic mass is 35.5. The summed E-state index contributed by atoms with van der Waals surface area (Å²) < 4.78 is 0. The van der Waals surface area contributed by atoms with Crippen LogP contribution in [-0.2, 0) is 20.8 Å². The van der Waals surface area contributed by atoms with Gasteiger partial charge < -0.3 is 16.0 Å². The van der Waals surface area contributed by atoms with Crippen molar-refractivity contribution in [3.8, 4) is 0 Å². The van der Waals surface area contributed by atoms with Crippen molar-refractivity contribution in [2.75, 3.05) is 6.54 Å². The Bertz CT molecular complexity index is 1060. The molecule has 0 radical (unpaired) electrons. The zero-order chi connectivity index (χ0) is 23.2. The molecule has 3 N–H and O–H groups in total. The predicted octanol–water partition coefficient (Wildman–Crippen LogP) is 3.62. The Morgan fingerprint density at radius 3 is 2.39 bits per heavy atom. The molecule has 2 aromatic rings. The number of Topliss-reactive ketones (excluding diaryl/α,β-unsaturated/α-hetero) is 1. The quantitative estimate of drug-likeness (QED) is 0.545. The van der Waals surface area contributed by atoms with Gasteiger partial charge in [-0.25, -0.2) is 0 Å². The van der Waals surface area contributed by atoms with Crippen LogP contribution in [0.25, 0.3) is 0 Å². The standard InChI is InChI=1S/C26H28ClN3O3/c27-21-9-5-4-8-19(21)14-15-28-24-22(31)16-23(32)30-25(24)26(33)29-20-12-10-18(11-13-20)17-6-2-1-3-7-17/h1-9,18,20,28H,10-16H2,(H,29,33)(H,30,32)/t18-,20+. The highest BCUT2D eigenvalue weighted by Crippen LogP contribution is 2.32. The van der Waals surface area contributed by atoms with Gasteiger partial charge in [-0.1, -0.05) is 60.1 Å². The highest BCUT2D eigenvalue weighted by Gasteiger charge is 2.31. The first-order valence-electron chi connectivity index (χ1n) is 11.4. The van der Waals surface area contributed by atoms with Crippen LogP contribution in [0.15, 0.2) is 66.0 Å². The molecule has 0 aromatic heterocycles. The zero-order valence-corrected chi connectivity index (χ0v) is 19.2. The largest absolute Gasteiger partial charge is 0.380 e. The summed E-state index contributed by atoms with van der Waals surface area (Å²) in [7, 11) is 0. The Morgan fingerprint density at radius 2 is 1.67 bits per heavy atom. The van der Waals surface area contributed by atoms with Crippen molar-refractivity contribution >= 4 is 29.2 Å². The molecule has 2 aromatic carbocycles. The fraction of sp³-hybridized carbons (Fsp3) is 0.346. The van der Waals surface area contributed by atoms with Gasteiger partial charge in [-0.15, -0.1) is 0 Å². The highest BCUT2D eigenvalue weighted by molar-refractivity contribution is 6.31. The normalized spacial score (nSPS) is 20.9. The maximum Gasteiger partial charge on any atom is 0.270 e. The molecule has 1 aliphatic heterocycles. The molecule has 33 heavy (non-hydrogen) atoms. The third-order valence-electron chi connectivity index (χ3n) is 6.33. The average Bonchev–Trinajstić information content (AvgIpc) is 2.82. The van der Waals surface area contributed by atoms with E-state index < -0.39 is 11.8 Å². The minimum absolute atomic E-state index is 0.0144. The first kappa shape index (κ1) is 23.1. The Hall–Kier alpha value is -3.12. The average molecular weight is 466 g/mol. The van der Waals surface area contributed by atoms with Gasteiger partial charge in [0.05, 0.1) is 6.42 Å². The molecule has 2 aliphatic rings. The van der Waals surface area contributed by atoms with Gasteiger partial charge in [-0.3, -0.25) is 14.4 Å². The summed E-state index contributed by atoms with van der Waals surface area (Å²) in [5, 5.41) is 9.34. The second-order valence-electron chi connectivity index (χ2n) is 8.60. The van der Waals surface area contributed by atoms with Gasteiger partial charge in [-0.05, 0) is 55.2 Å². The van der Waals surface area contributed by atoms with Crippen molar-refractivity contribution in [2.24, 2.45) is 0 Å². The minimum atomic E-state index is -0.463. The smallest absolute Gasteiger partial charge is 0.270 e. The molecule has 0 unspecified atom stereocenters. The second-order valence-corrected chi connectivity index (χ2v) is 9.01. The maximum absolute atomic E-state index is 13.0. The summed E-state index contributed by atoms with van der Waals surface area (Å²) in [6.07, 6.45) is 4.01. The Kier molecular flexibility index (Phi) is 7.45. The number of amides is 2. The number of benzene rings is 2. The van der Waals surface area contributed by atoms with Crippen LogP contribution in [0.4, 0.5) is 0 Å². The third kappa shape index (κ3) is 5.82. The minimum Gasteiger partial charge on any atom is -0.380 e. The van der Waals surface area contributed by atoms with Crippen LogP contribution in [-0.4, -0.2) is 30.2 Å². The van der Waals surface area contributed by atoms with E-state index in [9.17, 15) is 14.4 Å². The van der Waals surface area contributed by atoms with Gasteiger partial charge in [0, 0.05) is 17.6 Å². The molecule has 4 rings (SSSR count). The number of hydrogen-bond donors (Lipinski definition) is 3. The fourth-order valence-corrected chi connectivity index (χ4v) is 4.78. The van der Waals surface area contributed by atoms with Crippen LogP contribution in [0.5, 0.6) is 0 Å². The molecule has 2 amide bonds. The van der Waals surface area contributed by atoms with Crippen molar-refractivity contribution in [1.29, 1.82) is 0 Å². The van der Waals surface area contributed by atoms with Gasteiger partial charge in [0.15, 0.2) is 5.78 Å². The molecule has 0 bridgehead atoms. The molecule has 1 fully saturated rings. The van der Waals surface area contributed by atoms with E-state index in [1.807, 2.05) is 30.3 Å². The summed E-state index contributed by atoms with van der Waals surface area (Å²) in [6, 6.07) is 17.9. The lowest BCUT2D eigenvalue weighted by Crippen LogP contribution is -2.47. The Labute approximate surface area is 198 Å². The molecule has 0 spiro atoms. The predicted molar refractivity (Wildman–Crippen MR) is 128 cm³/mol. The van der Waals surface area contributed by atoms with Crippen molar-refractivity contribution in [1.82, 2.24) is 16.0 Å². The van der Waals surface area contributed by atoms with E-state index in [0.717, 1.165) is 31.2 Å². The van der Waals surface area contributed by atoms with Crippen molar-refractivity contribution in [3.05, 3.63) is 82.1 Å². The monoisotopic (exact) mass is 465 g/mol. The van der Waals surface area contributed by atoms with Gasteiger partial charge in [0.2, 0.25) is 5.91 Å². The zero-order valence-electron chi connectivity index (χ0n) is 18.4. The molecule has 6 nitrogen and oxygen atoms in total. The number of allylic oxidation sites excluding steroid dienone is 1. The van der Waals surface area contributed by atoms with Crippen LogP contribution in [0.1, 0.15) is 49.1 Å². The van der Waals surface area contributed by atoms with E-state index >= 15 is 0 Å². The van der Waals surface area contributed by atoms with Gasteiger partial charge in [0.25, 0.3) is 5.91 Å². The first-order chi connectivity index (χ1) is 16.0. The molecule has 1 aliphatic carbocycles. The molecular formula is C26H28ClN3O3. The lowest BCUT2D eigenvalue weighted by atomic mass is 9.82. The van der Waals surface area contributed by atoms with Crippen LogP contribution in [0.3, 0.4) is 0 Å². The maximum atomic E-state index is 13.0. The second kappa shape index (κ2) is 10.7. The van der Waals surface area contributed by atoms with E-state index in [0.29, 0.717) is 23.9 Å². The molecule has 0 saturated heterocycles. The molecule has 1 heterocycles. The Balaban J connectivity index is 1.38. The van der Waals surface area contributed by atoms with Crippen LogP contribution in [0.2, 0.25) is 5.02 Å². The number of nitrogens with one attached hydrogen (secondary N) is 3. The fourth-order valence-electron chi connectivity index (χ4n) is 4.55. The van der Waals surface area contributed by atoms with Gasteiger partial charge in [0.1, 0.15) is 11.4 Å². The molecule has 1 saturated carbocycles. The van der Waals surface area contributed by atoms with Gasteiger partial charge in [-0.2, -0.15) is 0 Å². The Morgan fingerprint density at radius 1 is 0.970 bits per heavy atom. The summed E-state index contributed by atoms with van der Waals surface area (Å²) in [6.45, 7) is 0.416. The lowest BCUT2D eigenvalue weighted by molar-refractivity contribution is -0.130. The number of carbonyl (C=O) groups excluding carboxylic acids is 3. The number of hydrogen-bond acceptors (Lipinski definition) is 4. The summed E-state index contributed by atoms with van der Waals surface area (Å²) in [4.78, 5) is 37.5. The van der Waals surface area contributed by atoms with Crippen molar-refractivity contribution in [2.45, 2.75) is 50.5 Å². The molecule has 172 valence electrons. The van der Waals surface area contributed by atoms with Crippen LogP contribution < -0.4 is 16.0 Å². The summed E-state index contributed by atoms with van der Waals surface area (Å²) >= 11 is 6.20. The van der Waals surface area contributed by atoms with Crippen molar-refractivity contribution in [3.63, 3.8) is 0 Å². The molecule has 0 atom stereocenters. The molecule has 7 heteroatoms. The third-order valence-corrected chi connectivity index (χ3v) is 6.70. The number of ketones is 1. The van der Waals surface area contributed by atoms with E-state index in [4.69, 9.17) is 11.6 Å². The van der Waals surface area contributed by atoms with Crippen LogP contribution >= 0.6 is 11.6 Å². The van der Waals surface area contributed by atoms with E-state index in [-0.39, 0.29) is 29.6 Å². The topological polar surface area (TPSA) is 87.3 Å². The van der Waals surface area contributed by atoms with Crippen molar-refractivity contribution < 1.29 is 14.4 Å². The number of carbonyl (C=O) groups is 3. The molecular weight excluding hydrogens is 438 g/mol. The summed E-state index contributed by atoms with van der Waals surface area (Å²) in [5.74, 6) is -0.762. The lowest BCUT2D eigenvalue weighted by Gasteiger charge is -2.30. The first-order valence-corrected chi connectivity index (χ1v) is 11.8.